The van der Waals surface area contributed by atoms with E-state index in [4.69, 9.17) is 23.3 Å². The standard InChI is InChI=1S/C21H24F3N3S.C9H11N.2ClH.H2O4S/c1-25-11-13-26(14-12-25)9-4-10-27-17-5-2-3-6-19(17)28-20-8-7-16(15-18(20)27)21(22,23)24;10-9-6-8(9)7-4-2-1-3-5-7;;;1-5(2,3)4/h2-3,5-8,15H,4,9-14H2,1H3;1-5,8-9H,6,10H2;2*1H;(H2,1,2,3,4)/t;8-,9+;;;/m.0.../s1. The zero-order valence-corrected chi connectivity index (χ0v) is 27.9. The van der Waals surface area contributed by atoms with Crippen molar-refractivity contribution in [3.05, 3.63) is 83.9 Å². The summed E-state index contributed by atoms with van der Waals surface area (Å²) >= 11 is 1.54. The second kappa shape index (κ2) is 17.2. The van der Waals surface area contributed by atoms with Gasteiger partial charge in [-0.15, -0.1) is 24.8 Å². The lowest BCUT2D eigenvalue weighted by Crippen LogP contribution is -2.45. The number of hydrogen-bond donors (Lipinski definition) is 3. The molecular formula is C30H39Cl2F3N4O4S2. The van der Waals surface area contributed by atoms with Crippen molar-refractivity contribution < 1.29 is 30.7 Å². The Morgan fingerprint density at radius 1 is 0.867 bits per heavy atom. The summed E-state index contributed by atoms with van der Waals surface area (Å²) in [5, 5.41) is 0. The molecule has 2 aliphatic heterocycles. The van der Waals surface area contributed by atoms with Gasteiger partial charge >= 0.3 is 16.6 Å². The van der Waals surface area contributed by atoms with Crippen molar-refractivity contribution in [2.24, 2.45) is 5.73 Å². The number of para-hydroxylation sites is 1. The third kappa shape index (κ3) is 12.2. The molecule has 1 saturated carbocycles. The van der Waals surface area contributed by atoms with Gasteiger partial charge in [0.15, 0.2) is 0 Å². The number of hydrogen-bond acceptors (Lipinski definition) is 7. The normalized spacial score (nSPS) is 19.2. The first kappa shape index (κ1) is 39.1. The molecule has 8 nitrogen and oxygen atoms in total. The number of likely N-dealkylation sites (N-methyl/N-ethyl adjacent to an activating group) is 1. The van der Waals surface area contributed by atoms with Crippen LogP contribution in [-0.2, 0) is 16.6 Å². The highest BCUT2D eigenvalue weighted by Gasteiger charge is 2.34. The van der Waals surface area contributed by atoms with E-state index in [-0.39, 0.29) is 24.8 Å². The maximum atomic E-state index is 13.3. The van der Waals surface area contributed by atoms with Crippen molar-refractivity contribution >= 4 is 58.3 Å². The Balaban J connectivity index is 0.000000343. The van der Waals surface area contributed by atoms with Crippen LogP contribution in [0.4, 0.5) is 24.5 Å². The van der Waals surface area contributed by atoms with Crippen LogP contribution in [0.3, 0.4) is 0 Å². The predicted octanol–water partition coefficient (Wildman–Crippen LogP) is 6.64. The molecule has 2 heterocycles. The lowest BCUT2D eigenvalue weighted by Gasteiger charge is -2.35. The maximum Gasteiger partial charge on any atom is 0.416 e. The van der Waals surface area contributed by atoms with Crippen LogP contribution in [0.15, 0.2) is 82.6 Å². The van der Waals surface area contributed by atoms with Gasteiger partial charge < -0.3 is 20.4 Å². The highest BCUT2D eigenvalue weighted by molar-refractivity contribution is 7.99. The zero-order valence-electron chi connectivity index (χ0n) is 24.6. The Hall–Kier alpha value is -2.07. The third-order valence-electron chi connectivity index (χ3n) is 7.47. The molecular weight excluding hydrogens is 672 g/mol. The molecule has 2 atom stereocenters. The topological polar surface area (TPSA) is 110 Å². The SMILES string of the molecule is CN1CCN(CCCN2c3ccccc3Sc3ccc(C(F)(F)F)cc32)CC1.Cl.Cl.N[C@@H]1C[C@H]1c1ccccc1.O=S(=O)(O)O. The van der Waals surface area contributed by atoms with Crippen LogP contribution in [0.2, 0.25) is 0 Å². The molecule has 0 unspecified atom stereocenters. The maximum absolute atomic E-state index is 13.3. The van der Waals surface area contributed by atoms with Gasteiger partial charge in [0.1, 0.15) is 0 Å². The van der Waals surface area contributed by atoms with E-state index in [1.54, 1.807) is 17.8 Å². The summed E-state index contributed by atoms with van der Waals surface area (Å²) in [5.41, 5.74) is 8.17. The van der Waals surface area contributed by atoms with E-state index in [2.05, 4.69) is 46.0 Å². The molecule has 0 amide bonds. The largest absolute Gasteiger partial charge is 0.416 e. The van der Waals surface area contributed by atoms with Gasteiger partial charge in [0, 0.05) is 54.5 Å². The number of rotatable bonds is 5. The van der Waals surface area contributed by atoms with Gasteiger partial charge in [-0.25, -0.2) is 0 Å². The van der Waals surface area contributed by atoms with Gasteiger partial charge in [-0.3, -0.25) is 9.11 Å². The quantitative estimate of drug-likeness (QED) is 0.251. The first-order valence-corrected chi connectivity index (χ1v) is 16.2. The highest BCUT2D eigenvalue weighted by Crippen LogP contribution is 2.49. The molecule has 6 rings (SSSR count). The smallest absolute Gasteiger partial charge is 0.340 e. The number of halogens is 5. The number of benzene rings is 3. The molecule has 250 valence electrons. The van der Waals surface area contributed by atoms with Crippen molar-refractivity contribution in [1.82, 2.24) is 9.80 Å². The third-order valence-corrected chi connectivity index (χ3v) is 8.60. The summed E-state index contributed by atoms with van der Waals surface area (Å²) < 4.78 is 71.4. The molecule has 15 heteroatoms. The number of alkyl halides is 3. The van der Waals surface area contributed by atoms with E-state index in [9.17, 15) is 13.2 Å². The van der Waals surface area contributed by atoms with Crippen LogP contribution >= 0.6 is 36.6 Å². The van der Waals surface area contributed by atoms with Crippen LogP contribution in [0.5, 0.6) is 0 Å². The van der Waals surface area contributed by atoms with Crippen LogP contribution in [0.1, 0.15) is 29.9 Å². The number of fused-ring (bicyclic) bond motifs is 2. The number of piperazine rings is 1. The number of nitrogens with two attached hydrogens (primary N) is 1. The minimum atomic E-state index is -4.67. The van der Waals surface area contributed by atoms with Gasteiger partial charge in [-0.2, -0.15) is 21.6 Å². The molecule has 3 aromatic rings. The molecule has 3 aliphatic rings. The Morgan fingerprint density at radius 2 is 1.42 bits per heavy atom. The second-order valence-electron chi connectivity index (χ2n) is 10.8. The molecule has 0 aromatic heterocycles. The first-order valence-electron chi connectivity index (χ1n) is 14.0. The molecule has 0 bridgehead atoms. The van der Waals surface area contributed by atoms with E-state index in [0.717, 1.165) is 54.6 Å². The average Bonchev–Trinajstić information content (AvgIpc) is 3.69. The first-order chi connectivity index (χ1) is 20.3. The van der Waals surface area contributed by atoms with Crippen LogP contribution in [-0.4, -0.2) is 79.7 Å². The van der Waals surface area contributed by atoms with Crippen molar-refractivity contribution in [3.8, 4) is 0 Å². The zero-order chi connectivity index (χ0) is 31.2. The Bertz CT molecular complexity index is 1460. The minimum absolute atomic E-state index is 0. The van der Waals surface area contributed by atoms with Gasteiger partial charge in [0.2, 0.25) is 0 Å². The predicted molar refractivity (Wildman–Crippen MR) is 178 cm³/mol. The lowest BCUT2D eigenvalue weighted by molar-refractivity contribution is -0.137. The van der Waals surface area contributed by atoms with Crippen molar-refractivity contribution in [2.45, 2.75) is 40.8 Å². The second-order valence-corrected chi connectivity index (χ2v) is 12.7. The molecule has 2 fully saturated rings. The van der Waals surface area contributed by atoms with Crippen molar-refractivity contribution in [2.75, 3.05) is 51.2 Å². The van der Waals surface area contributed by atoms with E-state index >= 15 is 0 Å². The number of nitrogens with zero attached hydrogens (tertiary/aromatic N) is 3. The fraction of sp³-hybridized carbons (Fsp3) is 0.400. The van der Waals surface area contributed by atoms with Crippen LogP contribution in [0, 0.1) is 0 Å². The monoisotopic (exact) mass is 710 g/mol. The van der Waals surface area contributed by atoms with E-state index in [1.807, 2.05) is 30.3 Å². The van der Waals surface area contributed by atoms with Crippen molar-refractivity contribution in [3.63, 3.8) is 0 Å². The van der Waals surface area contributed by atoms with Gasteiger partial charge in [-0.05, 0) is 62.3 Å². The summed E-state index contributed by atoms with van der Waals surface area (Å²) in [5.74, 6) is 0.654. The Kier molecular flexibility index (Phi) is 14.9. The number of anilines is 2. The van der Waals surface area contributed by atoms with E-state index in [0.29, 0.717) is 24.2 Å². The summed E-state index contributed by atoms with van der Waals surface area (Å²) in [6.45, 7) is 5.92. The molecule has 0 radical (unpaired) electrons. The summed E-state index contributed by atoms with van der Waals surface area (Å²) in [7, 11) is -2.53. The highest BCUT2D eigenvalue weighted by atomic mass is 35.5. The average molecular weight is 712 g/mol. The van der Waals surface area contributed by atoms with Gasteiger partial charge in [0.25, 0.3) is 0 Å². The van der Waals surface area contributed by atoms with Crippen LogP contribution in [0.25, 0.3) is 0 Å². The summed E-state index contributed by atoms with van der Waals surface area (Å²) in [4.78, 5) is 8.80. The molecule has 3 aromatic carbocycles. The van der Waals surface area contributed by atoms with Gasteiger partial charge in [0.05, 0.1) is 16.9 Å². The Morgan fingerprint density at radius 3 is 2.00 bits per heavy atom. The molecule has 4 N–H and O–H groups in total. The molecule has 1 aliphatic carbocycles. The summed E-state index contributed by atoms with van der Waals surface area (Å²) in [6, 6.07) is 23.0. The van der Waals surface area contributed by atoms with E-state index < -0.39 is 22.1 Å². The van der Waals surface area contributed by atoms with Crippen LogP contribution < -0.4 is 10.6 Å². The molecule has 45 heavy (non-hydrogen) atoms. The van der Waals surface area contributed by atoms with Gasteiger partial charge in [-0.1, -0.05) is 54.2 Å². The fourth-order valence-electron chi connectivity index (χ4n) is 5.07. The van der Waals surface area contributed by atoms with Crippen molar-refractivity contribution in [1.29, 1.82) is 0 Å². The minimum Gasteiger partial charge on any atom is -0.340 e. The lowest BCUT2D eigenvalue weighted by atomic mass is 10.1. The van der Waals surface area contributed by atoms with E-state index in [1.165, 1.54) is 24.1 Å². The molecule has 0 spiro atoms. The summed E-state index contributed by atoms with van der Waals surface area (Å²) in [6.07, 6.45) is -2.25. The fourth-order valence-corrected chi connectivity index (χ4v) is 6.14. The Labute approximate surface area is 279 Å². The molecule has 1 saturated heterocycles.